The minimum atomic E-state index is -1.37. The van der Waals surface area contributed by atoms with E-state index in [0.29, 0.717) is 27.3 Å². The molecule has 2 heterocycles. The Bertz CT molecular complexity index is 805. The van der Waals surface area contributed by atoms with Crippen molar-refractivity contribution < 1.29 is 5.11 Å². The van der Waals surface area contributed by atoms with Gasteiger partial charge in [0.25, 0.3) is 0 Å². The molecule has 0 amide bonds. The van der Waals surface area contributed by atoms with E-state index >= 15 is 0 Å². The molecule has 2 aromatic heterocycles. The molecule has 8 nitrogen and oxygen atoms in total. The van der Waals surface area contributed by atoms with Gasteiger partial charge in [-0.2, -0.15) is 5.10 Å². The molecule has 3 aromatic rings. The molecule has 23 heavy (non-hydrogen) atoms. The van der Waals surface area contributed by atoms with Gasteiger partial charge in [0.15, 0.2) is 5.82 Å². The number of halogens is 2. The van der Waals surface area contributed by atoms with Crippen molar-refractivity contribution in [2.75, 3.05) is 0 Å². The predicted molar refractivity (Wildman–Crippen MR) is 82.9 cm³/mol. The molecule has 1 unspecified atom stereocenters. The van der Waals surface area contributed by atoms with Crippen molar-refractivity contribution in [2.45, 2.75) is 18.4 Å². The average Bonchev–Trinajstić information content (AvgIpc) is 3.11. The van der Waals surface area contributed by atoms with Crippen molar-refractivity contribution in [3.8, 4) is 0 Å². The van der Waals surface area contributed by atoms with Crippen LogP contribution in [-0.4, -0.2) is 40.5 Å². The second-order valence-electron chi connectivity index (χ2n) is 5.16. The Morgan fingerprint density at radius 1 is 1.30 bits per heavy atom. The highest BCUT2D eigenvalue weighted by Gasteiger charge is 2.35. The lowest BCUT2D eigenvalue weighted by molar-refractivity contribution is 0.0323. The summed E-state index contributed by atoms with van der Waals surface area (Å²) < 4.78 is 1.50. The van der Waals surface area contributed by atoms with E-state index in [1.807, 2.05) is 0 Å². The van der Waals surface area contributed by atoms with E-state index in [4.69, 9.17) is 23.2 Å². The van der Waals surface area contributed by atoms with E-state index in [1.165, 1.54) is 11.0 Å². The van der Waals surface area contributed by atoms with E-state index < -0.39 is 5.60 Å². The van der Waals surface area contributed by atoms with Crippen LogP contribution < -0.4 is 0 Å². The first kappa shape index (κ1) is 15.9. The van der Waals surface area contributed by atoms with Crippen LogP contribution in [0.25, 0.3) is 0 Å². The second kappa shape index (κ2) is 6.23. The van der Waals surface area contributed by atoms with Gasteiger partial charge in [-0.05, 0) is 22.6 Å². The fourth-order valence-electron chi connectivity index (χ4n) is 2.37. The summed E-state index contributed by atoms with van der Waals surface area (Å²) in [6.45, 7) is 0. The van der Waals surface area contributed by atoms with Gasteiger partial charge in [0.2, 0.25) is 0 Å². The molecule has 0 fully saturated rings. The van der Waals surface area contributed by atoms with Gasteiger partial charge in [-0.1, -0.05) is 29.3 Å². The van der Waals surface area contributed by atoms with Crippen molar-refractivity contribution in [1.82, 2.24) is 35.4 Å². The molecule has 0 aliphatic carbocycles. The molecular formula is C13H13Cl2N7O. The van der Waals surface area contributed by atoms with Crippen molar-refractivity contribution in [2.24, 2.45) is 7.05 Å². The van der Waals surface area contributed by atoms with Crippen LogP contribution in [0.2, 0.25) is 10.0 Å². The molecule has 10 heteroatoms. The summed E-state index contributed by atoms with van der Waals surface area (Å²) in [4.78, 5) is 4.07. The normalized spacial score (nSPS) is 13.9. The van der Waals surface area contributed by atoms with Gasteiger partial charge in [0.05, 0.1) is 0 Å². The molecule has 0 bridgehead atoms. The van der Waals surface area contributed by atoms with Crippen molar-refractivity contribution in [3.05, 3.63) is 51.8 Å². The quantitative estimate of drug-likeness (QED) is 0.716. The van der Waals surface area contributed by atoms with Gasteiger partial charge in [0.1, 0.15) is 17.8 Å². The summed E-state index contributed by atoms with van der Waals surface area (Å²) in [5.74, 6) is 1.03. The molecule has 1 atom stereocenters. The third kappa shape index (κ3) is 3.34. The second-order valence-corrected chi connectivity index (χ2v) is 6.00. The monoisotopic (exact) mass is 353 g/mol. The highest BCUT2D eigenvalue weighted by molar-refractivity contribution is 6.35. The molecule has 120 valence electrons. The molecule has 0 radical (unpaired) electrons. The van der Waals surface area contributed by atoms with Crippen molar-refractivity contribution in [1.29, 1.82) is 0 Å². The van der Waals surface area contributed by atoms with Gasteiger partial charge >= 0.3 is 0 Å². The number of nitrogens with one attached hydrogen (secondary N) is 1. The topological polar surface area (TPSA) is 105 Å². The van der Waals surface area contributed by atoms with E-state index in [9.17, 15) is 5.11 Å². The Balaban J connectivity index is 2.03. The molecule has 2 N–H and O–H groups in total. The number of hydrogen-bond acceptors (Lipinski definition) is 6. The number of benzene rings is 1. The molecule has 0 aliphatic heterocycles. The predicted octanol–water partition coefficient (Wildman–Crippen LogP) is 1.31. The van der Waals surface area contributed by atoms with Crippen LogP contribution in [0, 0.1) is 0 Å². The Labute approximate surface area is 141 Å². The maximum absolute atomic E-state index is 11.3. The van der Waals surface area contributed by atoms with Crippen molar-refractivity contribution in [3.63, 3.8) is 0 Å². The van der Waals surface area contributed by atoms with E-state index in [0.717, 1.165) is 0 Å². The van der Waals surface area contributed by atoms with Crippen LogP contribution in [0.15, 0.2) is 24.5 Å². The molecule has 0 saturated heterocycles. The summed E-state index contributed by atoms with van der Waals surface area (Å²) in [6.07, 6.45) is 1.70. The summed E-state index contributed by atoms with van der Waals surface area (Å²) in [7, 11) is 1.70. The van der Waals surface area contributed by atoms with E-state index in [2.05, 4.69) is 30.7 Å². The number of nitrogens with zero attached hydrogens (tertiary/aromatic N) is 6. The summed E-state index contributed by atoms with van der Waals surface area (Å²) in [5, 5.41) is 30.0. The van der Waals surface area contributed by atoms with Gasteiger partial charge < -0.3 is 5.11 Å². The van der Waals surface area contributed by atoms with E-state index in [-0.39, 0.29) is 12.8 Å². The zero-order valence-electron chi connectivity index (χ0n) is 12.1. The summed E-state index contributed by atoms with van der Waals surface area (Å²) in [6, 6.07) is 4.94. The molecule has 0 aliphatic rings. The largest absolute Gasteiger partial charge is 0.384 e. The maximum Gasteiger partial charge on any atom is 0.154 e. The highest BCUT2D eigenvalue weighted by atomic mass is 35.5. The Kier molecular flexibility index (Phi) is 4.29. The minimum Gasteiger partial charge on any atom is -0.384 e. The number of rotatable bonds is 5. The fraction of sp³-hybridized carbons (Fsp3) is 0.308. The zero-order valence-corrected chi connectivity index (χ0v) is 13.6. The molecule has 0 saturated carbocycles. The average molecular weight is 354 g/mol. The molecular weight excluding hydrogens is 341 g/mol. The van der Waals surface area contributed by atoms with Gasteiger partial charge in [-0.3, -0.25) is 5.10 Å². The third-order valence-corrected chi connectivity index (χ3v) is 4.06. The standard InChI is InChI=1S/C13H13Cl2N7O/c1-22-12(19-20-21-22)6-13(23,5-11-16-7-17-18-11)9-3-2-8(14)4-10(9)15/h2-4,7,23H,5-6H2,1H3,(H,16,17,18). The number of aromatic nitrogens is 7. The van der Waals surface area contributed by atoms with Crippen LogP contribution in [0.1, 0.15) is 17.2 Å². The summed E-state index contributed by atoms with van der Waals surface area (Å²) >= 11 is 12.2. The lowest BCUT2D eigenvalue weighted by Gasteiger charge is -2.28. The third-order valence-electron chi connectivity index (χ3n) is 3.52. The summed E-state index contributed by atoms with van der Waals surface area (Å²) in [5.41, 5.74) is -0.855. The smallest absolute Gasteiger partial charge is 0.154 e. The lowest BCUT2D eigenvalue weighted by Crippen LogP contribution is -2.33. The molecule has 0 spiro atoms. The fourth-order valence-corrected chi connectivity index (χ4v) is 2.96. The van der Waals surface area contributed by atoms with Crippen LogP contribution in [0.4, 0.5) is 0 Å². The van der Waals surface area contributed by atoms with Gasteiger partial charge in [-0.25, -0.2) is 9.67 Å². The first-order valence-corrected chi connectivity index (χ1v) is 7.47. The molecule has 1 aromatic carbocycles. The Hall–Kier alpha value is -2.03. The number of tetrazole rings is 1. The SMILES string of the molecule is Cn1nnnc1CC(O)(Cc1ncn[nH]1)c1ccc(Cl)cc1Cl. The van der Waals surface area contributed by atoms with Crippen LogP contribution >= 0.6 is 23.2 Å². The number of hydrogen-bond donors (Lipinski definition) is 2. The van der Waals surface area contributed by atoms with Crippen LogP contribution in [0.5, 0.6) is 0 Å². The number of H-pyrrole nitrogens is 1. The maximum atomic E-state index is 11.3. The highest BCUT2D eigenvalue weighted by Crippen LogP contribution is 2.34. The minimum absolute atomic E-state index is 0.151. The molecule has 3 rings (SSSR count). The first-order valence-electron chi connectivity index (χ1n) is 6.71. The lowest BCUT2D eigenvalue weighted by atomic mass is 9.86. The Morgan fingerprint density at radius 2 is 2.13 bits per heavy atom. The number of aromatic amines is 1. The number of aliphatic hydroxyl groups is 1. The van der Waals surface area contributed by atoms with Gasteiger partial charge in [0, 0.05) is 35.5 Å². The Morgan fingerprint density at radius 3 is 2.74 bits per heavy atom. The van der Waals surface area contributed by atoms with Crippen molar-refractivity contribution >= 4 is 23.2 Å². The first-order chi connectivity index (χ1) is 11.0. The zero-order chi connectivity index (χ0) is 16.4. The van der Waals surface area contributed by atoms with E-state index in [1.54, 1.807) is 25.2 Å². The number of aryl methyl sites for hydroxylation is 1. The van der Waals surface area contributed by atoms with Crippen LogP contribution in [0.3, 0.4) is 0 Å². The van der Waals surface area contributed by atoms with Crippen LogP contribution in [-0.2, 0) is 25.5 Å². The van der Waals surface area contributed by atoms with Gasteiger partial charge in [-0.15, -0.1) is 5.10 Å².